The molecule has 0 bridgehead atoms. The van der Waals surface area contributed by atoms with Gasteiger partial charge in [0.15, 0.2) is 0 Å². The van der Waals surface area contributed by atoms with Gasteiger partial charge in [0.25, 0.3) is 0 Å². The molecule has 1 aromatic carbocycles. The van der Waals surface area contributed by atoms with Crippen molar-refractivity contribution in [1.29, 1.82) is 0 Å². The van der Waals surface area contributed by atoms with Gasteiger partial charge in [-0.1, -0.05) is 6.07 Å². The zero-order valence-electron chi connectivity index (χ0n) is 11.5. The van der Waals surface area contributed by atoms with Crippen molar-refractivity contribution >= 4 is 10.0 Å². The molecule has 19 heavy (non-hydrogen) atoms. The standard InChI is InChI=1S/C13H20N2O3S/c1-10-4-5-12(18-3)13(8-10)19(16,17)14-11-6-7-15(2)9-11/h4-5,8,11,14H,6-7,9H2,1-3H3. The molecule has 2 rings (SSSR count). The van der Waals surface area contributed by atoms with E-state index in [1.807, 2.05) is 20.0 Å². The molecule has 0 aromatic heterocycles. The lowest BCUT2D eigenvalue weighted by Gasteiger charge is -2.15. The number of aryl methyl sites for hydroxylation is 1. The summed E-state index contributed by atoms with van der Waals surface area (Å²) in [5.41, 5.74) is 0.893. The summed E-state index contributed by atoms with van der Waals surface area (Å²) >= 11 is 0. The second-order valence-corrected chi connectivity index (χ2v) is 6.71. The van der Waals surface area contributed by atoms with Crippen LogP contribution in [0.4, 0.5) is 0 Å². The molecule has 0 radical (unpaired) electrons. The lowest BCUT2D eigenvalue weighted by Crippen LogP contribution is -2.36. The highest BCUT2D eigenvalue weighted by Gasteiger charge is 2.27. The van der Waals surface area contributed by atoms with Crippen LogP contribution in [0.2, 0.25) is 0 Å². The average molecular weight is 284 g/mol. The zero-order chi connectivity index (χ0) is 14.0. The monoisotopic (exact) mass is 284 g/mol. The second kappa shape index (κ2) is 5.48. The fraction of sp³-hybridized carbons (Fsp3) is 0.538. The molecule has 1 aliphatic rings. The Balaban J connectivity index is 2.26. The lowest BCUT2D eigenvalue weighted by atomic mass is 10.2. The van der Waals surface area contributed by atoms with Crippen molar-refractivity contribution in [3.05, 3.63) is 23.8 Å². The number of nitrogens with one attached hydrogen (secondary N) is 1. The maximum Gasteiger partial charge on any atom is 0.244 e. The van der Waals surface area contributed by atoms with E-state index in [1.165, 1.54) is 7.11 Å². The number of rotatable bonds is 4. The highest BCUT2D eigenvalue weighted by molar-refractivity contribution is 7.89. The number of ether oxygens (including phenoxy) is 1. The van der Waals surface area contributed by atoms with Crippen molar-refractivity contribution in [1.82, 2.24) is 9.62 Å². The number of benzene rings is 1. The SMILES string of the molecule is COc1ccc(C)cc1S(=O)(=O)NC1CCN(C)C1. The summed E-state index contributed by atoms with van der Waals surface area (Å²) in [5.74, 6) is 0.379. The maximum absolute atomic E-state index is 12.4. The Morgan fingerprint density at radius 1 is 1.42 bits per heavy atom. The third kappa shape index (κ3) is 3.26. The van der Waals surface area contributed by atoms with Crippen LogP contribution in [0.15, 0.2) is 23.1 Å². The number of nitrogens with zero attached hydrogens (tertiary/aromatic N) is 1. The molecule has 106 valence electrons. The van der Waals surface area contributed by atoms with Gasteiger partial charge in [-0.05, 0) is 44.6 Å². The van der Waals surface area contributed by atoms with E-state index in [9.17, 15) is 8.42 Å². The molecule has 5 nitrogen and oxygen atoms in total. The summed E-state index contributed by atoms with van der Waals surface area (Å²) in [6.45, 7) is 3.52. The van der Waals surface area contributed by atoms with E-state index in [0.29, 0.717) is 5.75 Å². The first-order valence-electron chi connectivity index (χ1n) is 6.28. The van der Waals surface area contributed by atoms with Crippen LogP contribution in [0.5, 0.6) is 5.75 Å². The van der Waals surface area contributed by atoms with E-state index >= 15 is 0 Å². The highest BCUT2D eigenvalue weighted by atomic mass is 32.2. The summed E-state index contributed by atoms with van der Waals surface area (Å²) in [6, 6.07) is 5.13. The minimum absolute atomic E-state index is 0.0276. The summed E-state index contributed by atoms with van der Waals surface area (Å²) in [6.07, 6.45) is 0.837. The minimum atomic E-state index is -3.53. The Morgan fingerprint density at radius 2 is 2.16 bits per heavy atom. The molecular weight excluding hydrogens is 264 g/mol. The predicted molar refractivity (Wildman–Crippen MR) is 74.0 cm³/mol. The molecule has 1 fully saturated rings. The van der Waals surface area contributed by atoms with E-state index < -0.39 is 10.0 Å². The second-order valence-electron chi connectivity index (χ2n) is 5.02. The number of likely N-dealkylation sites (tertiary alicyclic amines) is 1. The summed E-state index contributed by atoms with van der Waals surface area (Å²) in [4.78, 5) is 2.32. The first-order chi connectivity index (χ1) is 8.92. The molecule has 1 aliphatic heterocycles. The molecule has 0 saturated carbocycles. The quantitative estimate of drug-likeness (QED) is 0.895. The molecule has 0 aliphatic carbocycles. The average Bonchev–Trinajstić information content (AvgIpc) is 2.74. The first-order valence-corrected chi connectivity index (χ1v) is 7.76. The van der Waals surface area contributed by atoms with E-state index in [2.05, 4.69) is 9.62 Å². The third-order valence-corrected chi connectivity index (χ3v) is 4.86. The number of hydrogen-bond donors (Lipinski definition) is 1. The fourth-order valence-corrected chi connectivity index (χ4v) is 3.82. The van der Waals surface area contributed by atoms with Gasteiger partial charge in [-0.25, -0.2) is 13.1 Å². The topological polar surface area (TPSA) is 58.6 Å². The molecule has 1 N–H and O–H groups in total. The number of likely N-dealkylation sites (N-methyl/N-ethyl adjacent to an activating group) is 1. The number of methoxy groups -OCH3 is 1. The van der Waals surface area contributed by atoms with Gasteiger partial charge in [-0.2, -0.15) is 0 Å². The summed E-state index contributed by atoms with van der Waals surface area (Å²) < 4.78 is 32.7. The summed E-state index contributed by atoms with van der Waals surface area (Å²) in [5, 5.41) is 0. The molecule has 6 heteroatoms. The molecule has 0 amide bonds. The van der Waals surface area contributed by atoms with Crippen LogP contribution < -0.4 is 9.46 Å². The van der Waals surface area contributed by atoms with Gasteiger partial charge in [-0.15, -0.1) is 0 Å². The van der Waals surface area contributed by atoms with Crippen molar-refractivity contribution in [3.8, 4) is 5.75 Å². The van der Waals surface area contributed by atoms with E-state index in [-0.39, 0.29) is 10.9 Å². The van der Waals surface area contributed by atoms with Crippen LogP contribution in [0.3, 0.4) is 0 Å². The predicted octanol–water partition coefficient (Wildman–Crippen LogP) is 0.986. The van der Waals surface area contributed by atoms with Crippen molar-refractivity contribution < 1.29 is 13.2 Å². The zero-order valence-corrected chi connectivity index (χ0v) is 12.3. The smallest absolute Gasteiger partial charge is 0.244 e. The Morgan fingerprint density at radius 3 is 2.74 bits per heavy atom. The van der Waals surface area contributed by atoms with Crippen LogP contribution in [0.1, 0.15) is 12.0 Å². The third-order valence-electron chi connectivity index (χ3n) is 3.32. The van der Waals surface area contributed by atoms with Crippen molar-refractivity contribution in [2.45, 2.75) is 24.3 Å². The van der Waals surface area contributed by atoms with Crippen LogP contribution in [-0.2, 0) is 10.0 Å². The Kier molecular flexibility index (Phi) is 4.13. The van der Waals surface area contributed by atoms with Gasteiger partial charge in [0.05, 0.1) is 7.11 Å². The first kappa shape index (κ1) is 14.3. The van der Waals surface area contributed by atoms with Crippen molar-refractivity contribution in [3.63, 3.8) is 0 Å². The van der Waals surface area contributed by atoms with Gasteiger partial charge in [0.2, 0.25) is 10.0 Å². The van der Waals surface area contributed by atoms with Gasteiger partial charge in [0.1, 0.15) is 10.6 Å². The Hall–Kier alpha value is -1.11. The maximum atomic E-state index is 12.4. The van der Waals surface area contributed by atoms with Gasteiger partial charge in [-0.3, -0.25) is 0 Å². The molecule has 1 heterocycles. The van der Waals surface area contributed by atoms with E-state index in [4.69, 9.17) is 4.74 Å². The molecule has 0 spiro atoms. The van der Waals surface area contributed by atoms with Crippen LogP contribution in [0, 0.1) is 6.92 Å². The highest BCUT2D eigenvalue weighted by Crippen LogP contribution is 2.25. The normalized spacial score (nSPS) is 20.7. The number of hydrogen-bond acceptors (Lipinski definition) is 4. The summed E-state index contributed by atoms with van der Waals surface area (Å²) in [7, 11) is -0.0672. The van der Waals surface area contributed by atoms with Crippen molar-refractivity contribution in [2.75, 3.05) is 27.2 Å². The largest absolute Gasteiger partial charge is 0.495 e. The molecule has 1 aromatic rings. The molecule has 1 saturated heterocycles. The van der Waals surface area contributed by atoms with Crippen LogP contribution in [0.25, 0.3) is 0 Å². The minimum Gasteiger partial charge on any atom is -0.495 e. The molecule has 1 atom stereocenters. The van der Waals surface area contributed by atoms with E-state index in [1.54, 1.807) is 12.1 Å². The lowest BCUT2D eigenvalue weighted by molar-refractivity contribution is 0.399. The van der Waals surface area contributed by atoms with Gasteiger partial charge in [0, 0.05) is 12.6 Å². The Labute approximate surface area is 114 Å². The Bertz CT molecular complexity index is 557. The fourth-order valence-electron chi connectivity index (χ4n) is 2.31. The van der Waals surface area contributed by atoms with Crippen molar-refractivity contribution in [2.24, 2.45) is 0 Å². The molecular formula is C13H20N2O3S. The van der Waals surface area contributed by atoms with Crippen LogP contribution in [-0.4, -0.2) is 46.6 Å². The van der Waals surface area contributed by atoms with Gasteiger partial charge >= 0.3 is 0 Å². The van der Waals surface area contributed by atoms with E-state index in [0.717, 1.165) is 25.1 Å². The van der Waals surface area contributed by atoms with Gasteiger partial charge < -0.3 is 9.64 Å². The molecule has 1 unspecified atom stereocenters. The number of sulfonamides is 1. The van der Waals surface area contributed by atoms with Crippen LogP contribution >= 0.6 is 0 Å².